The summed E-state index contributed by atoms with van der Waals surface area (Å²) in [4.78, 5) is 11.3. The van der Waals surface area contributed by atoms with Crippen molar-refractivity contribution < 1.29 is 24.6 Å². The van der Waals surface area contributed by atoms with E-state index in [-0.39, 0.29) is 12.5 Å². The van der Waals surface area contributed by atoms with Gasteiger partial charge in [0.2, 0.25) is 0 Å². The number of carbonyl (C=O) groups is 1. The monoisotopic (exact) mass is 351 g/mol. The molecule has 2 atom stereocenters. The lowest BCUT2D eigenvalue weighted by Crippen LogP contribution is -2.27. The molecule has 6 heteroatoms. The molecule has 2 N–H and O–H groups in total. The summed E-state index contributed by atoms with van der Waals surface area (Å²) in [5.74, 6) is -0.339. The second-order valence-corrected chi connectivity index (χ2v) is 5.87. The molecule has 0 aliphatic heterocycles. The first-order valence-electron chi connectivity index (χ1n) is 8.81. The van der Waals surface area contributed by atoms with E-state index in [1.54, 1.807) is 19.2 Å². The molecule has 0 bridgehead atoms. The van der Waals surface area contributed by atoms with Crippen LogP contribution in [0.2, 0.25) is 0 Å². The van der Waals surface area contributed by atoms with Crippen molar-refractivity contribution in [2.75, 3.05) is 7.11 Å². The van der Waals surface area contributed by atoms with Gasteiger partial charge < -0.3 is 19.8 Å². The van der Waals surface area contributed by atoms with Gasteiger partial charge in [0.1, 0.15) is 0 Å². The van der Waals surface area contributed by atoms with Crippen molar-refractivity contribution >= 4 is 11.7 Å². The van der Waals surface area contributed by atoms with Gasteiger partial charge >= 0.3 is 5.97 Å². The number of hydrogen-bond acceptors (Lipinski definition) is 5. The minimum atomic E-state index is -0.894. The lowest BCUT2D eigenvalue weighted by Gasteiger charge is -2.25. The number of oxime groups is 1. The number of methoxy groups -OCH3 is 1. The Bertz CT molecular complexity index is 612. The fourth-order valence-corrected chi connectivity index (χ4v) is 2.92. The summed E-state index contributed by atoms with van der Waals surface area (Å²) >= 11 is 0. The number of hydrogen-bond donors (Lipinski definition) is 2. The molecule has 1 aliphatic carbocycles. The Morgan fingerprint density at radius 1 is 1.32 bits per heavy atom. The van der Waals surface area contributed by atoms with Gasteiger partial charge in [-0.3, -0.25) is 4.79 Å². The van der Waals surface area contributed by atoms with Crippen LogP contribution in [-0.4, -0.2) is 35.2 Å². The molecule has 140 valence electrons. The molecule has 0 saturated carbocycles. The maximum Gasteiger partial charge on any atom is 0.307 e. The second-order valence-electron chi connectivity index (χ2n) is 5.87. The minimum absolute atomic E-state index is 0.0387. The van der Waals surface area contributed by atoms with Gasteiger partial charge in [0.05, 0.1) is 24.8 Å². The lowest BCUT2D eigenvalue weighted by atomic mass is 9.82. The molecule has 0 radical (unpaired) electrons. The maximum absolute atomic E-state index is 11.3. The van der Waals surface area contributed by atoms with Crippen molar-refractivity contribution in [3.05, 3.63) is 23.3 Å². The Hall–Kier alpha value is -2.24. The first kappa shape index (κ1) is 20.8. The van der Waals surface area contributed by atoms with Gasteiger partial charge in [-0.25, -0.2) is 0 Å². The van der Waals surface area contributed by atoms with E-state index in [0.717, 1.165) is 24.0 Å². The van der Waals surface area contributed by atoms with Gasteiger partial charge in [0.25, 0.3) is 0 Å². The Kier molecular flexibility index (Phi) is 8.25. The van der Waals surface area contributed by atoms with Crippen molar-refractivity contribution in [3.8, 4) is 11.5 Å². The first-order valence-corrected chi connectivity index (χ1v) is 8.81. The van der Waals surface area contributed by atoms with E-state index < -0.39 is 11.9 Å². The maximum atomic E-state index is 11.3. The number of nitrogens with zero attached hydrogens (tertiary/aromatic N) is 1. The molecule has 0 spiro atoms. The Morgan fingerprint density at radius 2 is 2.00 bits per heavy atom. The summed E-state index contributed by atoms with van der Waals surface area (Å²) < 4.78 is 11.3. The topological polar surface area (TPSA) is 88.4 Å². The third-order valence-corrected chi connectivity index (χ3v) is 4.10. The van der Waals surface area contributed by atoms with E-state index in [1.807, 2.05) is 20.8 Å². The zero-order valence-corrected chi connectivity index (χ0v) is 15.7. The largest absolute Gasteiger partial charge is 0.493 e. The van der Waals surface area contributed by atoms with E-state index in [2.05, 4.69) is 12.1 Å². The van der Waals surface area contributed by atoms with E-state index >= 15 is 0 Å². The van der Waals surface area contributed by atoms with Crippen molar-refractivity contribution in [1.29, 1.82) is 0 Å². The summed E-state index contributed by atoms with van der Waals surface area (Å²) in [5, 5.41) is 21.8. The van der Waals surface area contributed by atoms with Crippen molar-refractivity contribution in [3.63, 3.8) is 0 Å². The molecular formula is C19H29NO5. The Morgan fingerprint density at radius 3 is 2.52 bits per heavy atom. The molecule has 1 aromatic rings. The third kappa shape index (κ3) is 5.11. The van der Waals surface area contributed by atoms with Crippen molar-refractivity contribution in [2.24, 2.45) is 11.1 Å². The fourth-order valence-electron chi connectivity index (χ4n) is 2.92. The lowest BCUT2D eigenvalue weighted by molar-refractivity contribution is -0.141. The predicted molar refractivity (Wildman–Crippen MR) is 97.1 cm³/mol. The van der Waals surface area contributed by atoms with E-state index in [0.29, 0.717) is 23.6 Å². The standard InChI is InChI=1S/C17H23NO5.C2H6/c1-4-5-10(2)23-16-8-11-6-12(17(19)20)7-14(18-21)13(11)9-15(16)22-3;1-2/h8-10,12,21H,4-7H2,1-3H3,(H,19,20);1-2H3/b18-14+;. The van der Waals surface area contributed by atoms with Crippen LogP contribution in [0.4, 0.5) is 0 Å². The molecule has 2 unspecified atom stereocenters. The zero-order chi connectivity index (χ0) is 19.0. The molecule has 25 heavy (non-hydrogen) atoms. The Balaban J connectivity index is 0.00000151. The van der Waals surface area contributed by atoms with Gasteiger partial charge in [0.15, 0.2) is 11.5 Å². The molecule has 0 fully saturated rings. The molecule has 0 saturated heterocycles. The van der Waals surface area contributed by atoms with Crippen LogP contribution < -0.4 is 9.47 Å². The number of rotatable bonds is 6. The zero-order valence-electron chi connectivity index (χ0n) is 15.7. The fraction of sp³-hybridized carbons (Fsp3) is 0.579. The van der Waals surface area contributed by atoms with Gasteiger partial charge in [0, 0.05) is 12.0 Å². The van der Waals surface area contributed by atoms with Gasteiger partial charge in [-0.15, -0.1) is 0 Å². The van der Waals surface area contributed by atoms with Crippen LogP contribution in [0.5, 0.6) is 11.5 Å². The number of carboxylic acid groups (broad SMARTS) is 1. The highest BCUT2D eigenvalue weighted by atomic mass is 16.5. The van der Waals surface area contributed by atoms with E-state index in [1.165, 1.54) is 0 Å². The highest BCUT2D eigenvalue weighted by molar-refractivity contribution is 6.05. The molecule has 2 rings (SSSR count). The number of fused-ring (bicyclic) bond motifs is 1. The smallest absolute Gasteiger partial charge is 0.307 e. The van der Waals surface area contributed by atoms with Gasteiger partial charge in [-0.1, -0.05) is 32.3 Å². The quantitative estimate of drug-likeness (QED) is 0.595. The van der Waals surface area contributed by atoms with Crippen LogP contribution in [0.1, 0.15) is 58.1 Å². The first-order chi connectivity index (χ1) is 12.0. The van der Waals surface area contributed by atoms with Crippen LogP contribution in [0, 0.1) is 5.92 Å². The molecule has 1 aliphatic rings. The third-order valence-electron chi connectivity index (χ3n) is 4.10. The Labute approximate surface area is 149 Å². The van der Waals surface area contributed by atoms with Crippen LogP contribution in [0.25, 0.3) is 0 Å². The molecular weight excluding hydrogens is 322 g/mol. The van der Waals surface area contributed by atoms with Crippen LogP contribution >= 0.6 is 0 Å². The SMILES string of the molecule is CC.CCCC(C)Oc1cc2c(cc1OC)/C(=N/O)CC(C(=O)O)C2. The van der Waals surface area contributed by atoms with Gasteiger partial charge in [-0.05, 0) is 37.5 Å². The summed E-state index contributed by atoms with van der Waals surface area (Å²) in [5.41, 5.74) is 1.89. The summed E-state index contributed by atoms with van der Waals surface area (Å²) in [7, 11) is 1.55. The average Bonchev–Trinajstić information content (AvgIpc) is 2.61. The normalized spacial score (nSPS) is 18.6. The number of aliphatic carboxylic acids is 1. The minimum Gasteiger partial charge on any atom is -0.493 e. The van der Waals surface area contributed by atoms with Crippen LogP contribution in [0.15, 0.2) is 17.3 Å². The summed E-state index contributed by atoms with van der Waals surface area (Å²) in [6.45, 7) is 8.08. The molecule has 0 aromatic heterocycles. The van der Waals surface area contributed by atoms with E-state index in [9.17, 15) is 15.1 Å². The van der Waals surface area contributed by atoms with Crippen LogP contribution in [-0.2, 0) is 11.2 Å². The van der Waals surface area contributed by atoms with Crippen molar-refractivity contribution in [1.82, 2.24) is 0 Å². The highest BCUT2D eigenvalue weighted by Crippen LogP contribution is 2.36. The number of ether oxygens (including phenoxy) is 2. The van der Waals surface area contributed by atoms with E-state index in [4.69, 9.17) is 9.47 Å². The van der Waals surface area contributed by atoms with Gasteiger partial charge in [-0.2, -0.15) is 0 Å². The molecule has 0 heterocycles. The number of benzene rings is 1. The molecule has 0 amide bonds. The second kappa shape index (κ2) is 9.91. The average molecular weight is 351 g/mol. The highest BCUT2D eigenvalue weighted by Gasteiger charge is 2.30. The molecule has 6 nitrogen and oxygen atoms in total. The summed E-state index contributed by atoms with van der Waals surface area (Å²) in [6.07, 6.45) is 2.55. The molecule has 1 aromatic carbocycles. The number of carboxylic acids is 1. The van der Waals surface area contributed by atoms with Crippen molar-refractivity contribution in [2.45, 2.75) is 59.5 Å². The predicted octanol–water partition coefficient (Wildman–Crippen LogP) is 4.11. The summed E-state index contributed by atoms with van der Waals surface area (Å²) in [6, 6.07) is 3.57. The van der Waals surface area contributed by atoms with Crippen LogP contribution in [0.3, 0.4) is 0 Å².